The van der Waals surface area contributed by atoms with Gasteiger partial charge in [0.15, 0.2) is 0 Å². The molecule has 5 nitrogen and oxygen atoms in total. The van der Waals surface area contributed by atoms with Crippen LogP contribution in [0.15, 0.2) is 24.3 Å². The maximum atomic E-state index is 12.2. The average molecular weight is 373 g/mol. The number of likely N-dealkylation sites (tertiary alicyclic amines) is 1. The molecule has 2 amide bonds. The minimum absolute atomic E-state index is 0.0238. The standard InChI is InChI=1S/C22H32N2O3/c1-15-5-10-19(20(25)23-15)18-8-6-16(7-9-18)17-11-13-24(14-12-17)21(26)27-22(2,3)4/h6-9,15,17,19H,5,10-14H2,1-4H3,(H,23,25). The molecular formula is C22H32N2O3. The maximum Gasteiger partial charge on any atom is 0.410 e. The predicted octanol–water partition coefficient (Wildman–Crippen LogP) is 4.18. The first-order valence-corrected chi connectivity index (χ1v) is 10.1. The van der Waals surface area contributed by atoms with Crippen molar-refractivity contribution in [3.63, 3.8) is 0 Å². The molecule has 2 unspecified atom stereocenters. The van der Waals surface area contributed by atoms with Crippen molar-refractivity contribution < 1.29 is 14.3 Å². The van der Waals surface area contributed by atoms with Crippen LogP contribution in [-0.4, -0.2) is 41.6 Å². The van der Waals surface area contributed by atoms with E-state index < -0.39 is 5.60 Å². The minimum Gasteiger partial charge on any atom is -0.444 e. The Kier molecular flexibility index (Phi) is 5.78. The lowest BCUT2D eigenvalue weighted by Gasteiger charge is -2.33. The Bertz CT molecular complexity index is 670. The van der Waals surface area contributed by atoms with Crippen LogP contribution in [-0.2, 0) is 9.53 Å². The summed E-state index contributed by atoms with van der Waals surface area (Å²) in [7, 11) is 0. The molecule has 0 radical (unpaired) electrons. The third-order valence-electron chi connectivity index (χ3n) is 5.55. The Hall–Kier alpha value is -2.04. The van der Waals surface area contributed by atoms with Crippen molar-refractivity contribution in [2.75, 3.05) is 13.1 Å². The summed E-state index contributed by atoms with van der Waals surface area (Å²) in [6, 6.07) is 8.82. The first-order chi connectivity index (χ1) is 12.7. The fourth-order valence-corrected chi connectivity index (χ4v) is 4.00. The lowest BCUT2D eigenvalue weighted by atomic mass is 9.85. The van der Waals surface area contributed by atoms with Crippen molar-refractivity contribution in [2.24, 2.45) is 0 Å². The fourth-order valence-electron chi connectivity index (χ4n) is 4.00. The number of ether oxygens (including phenoxy) is 1. The van der Waals surface area contributed by atoms with Crippen LogP contribution in [0.3, 0.4) is 0 Å². The first-order valence-electron chi connectivity index (χ1n) is 10.1. The third-order valence-corrected chi connectivity index (χ3v) is 5.55. The third kappa shape index (κ3) is 5.02. The van der Waals surface area contributed by atoms with E-state index in [0.29, 0.717) is 5.92 Å². The first kappa shape index (κ1) is 19.7. The number of piperidine rings is 2. The van der Waals surface area contributed by atoms with E-state index in [1.807, 2.05) is 25.7 Å². The van der Waals surface area contributed by atoms with Crippen LogP contribution < -0.4 is 5.32 Å². The van der Waals surface area contributed by atoms with Gasteiger partial charge in [0.05, 0.1) is 5.92 Å². The van der Waals surface area contributed by atoms with Gasteiger partial charge in [0, 0.05) is 19.1 Å². The van der Waals surface area contributed by atoms with E-state index in [1.165, 1.54) is 5.56 Å². The predicted molar refractivity (Wildman–Crippen MR) is 106 cm³/mol. The number of benzene rings is 1. The smallest absolute Gasteiger partial charge is 0.410 e. The van der Waals surface area contributed by atoms with Crippen LogP contribution in [0.4, 0.5) is 4.79 Å². The van der Waals surface area contributed by atoms with E-state index in [9.17, 15) is 9.59 Å². The summed E-state index contributed by atoms with van der Waals surface area (Å²) in [5.74, 6) is 0.578. The summed E-state index contributed by atoms with van der Waals surface area (Å²) in [5.41, 5.74) is 1.95. The number of nitrogens with one attached hydrogen (secondary N) is 1. The van der Waals surface area contributed by atoms with E-state index in [2.05, 4.69) is 36.5 Å². The highest BCUT2D eigenvalue weighted by Gasteiger charge is 2.29. The quantitative estimate of drug-likeness (QED) is 0.847. The van der Waals surface area contributed by atoms with E-state index >= 15 is 0 Å². The number of carbonyl (C=O) groups excluding carboxylic acids is 2. The SMILES string of the molecule is CC1CCC(c2ccc(C3CCN(C(=O)OC(C)(C)C)CC3)cc2)C(=O)N1. The van der Waals surface area contributed by atoms with E-state index in [1.54, 1.807) is 0 Å². The van der Waals surface area contributed by atoms with Gasteiger partial charge >= 0.3 is 6.09 Å². The number of amides is 2. The second-order valence-electron chi connectivity index (χ2n) is 8.95. The molecule has 0 aromatic heterocycles. The molecule has 1 aromatic carbocycles. The molecule has 0 spiro atoms. The Balaban J connectivity index is 1.56. The van der Waals surface area contributed by atoms with Gasteiger partial charge in [-0.25, -0.2) is 4.79 Å². The summed E-state index contributed by atoms with van der Waals surface area (Å²) in [5, 5.41) is 3.05. The van der Waals surface area contributed by atoms with Gasteiger partial charge in [0.1, 0.15) is 5.60 Å². The molecule has 2 atom stereocenters. The van der Waals surface area contributed by atoms with Gasteiger partial charge in [0.25, 0.3) is 0 Å². The topological polar surface area (TPSA) is 58.6 Å². The van der Waals surface area contributed by atoms with Crippen LogP contribution in [0.25, 0.3) is 0 Å². The molecule has 1 N–H and O–H groups in total. The molecular weight excluding hydrogens is 340 g/mol. The highest BCUT2D eigenvalue weighted by molar-refractivity contribution is 5.84. The van der Waals surface area contributed by atoms with E-state index in [-0.39, 0.29) is 24.0 Å². The zero-order valence-corrected chi connectivity index (χ0v) is 17.0. The number of nitrogens with zero attached hydrogens (tertiary/aromatic N) is 1. The van der Waals surface area contributed by atoms with Crippen molar-refractivity contribution >= 4 is 12.0 Å². The Morgan fingerprint density at radius 3 is 2.19 bits per heavy atom. The van der Waals surface area contributed by atoms with Crippen LogP contribution in [0.5, 0.6) is 0 Å². The monoisotopic (exact) mass is 372 g/mol. The Labute approximate surface area is 162 Å². The molecule has 0 saturated carbocycles. The number of carbonyl (C=O) groups is 2. The fraction of sp³-hybridized carbons (Fsp3) is 0.636. The second-order valence-corrected chi connectivity index (χ2v) is 8.95. The number of rotatable bonds is 2. The second kappa shape index (κ2) is 7.91. The van der Waals surface area contributed by atoms with Crippen LogP contribution in [0, 0.1) is 0 Å². The van der Waals surface area contributed by atoms with Crippen molar-refractivity contribution in [3.05, 3.63) is 35.4 Å². The zero-order valence-electron chi connectivity index (χ0n) is 17.0. The number of hydrogen-bond acceptors (Lipinski definition) is 3. The minimum atomic E-state index is -0.451. The molecule has 0 aliphatic carbocycles. The molecule has 0 bridgehead atoms. The summed E-state index contributed by atoms with van der Waals surface area (Å²) >= 11 is 0. The lowest BCUT2D eigenvalue weighted by Crippen LogP contribution is -2.41. The summed E-state index contributed by atoms with van der Waals surface area (Å²) in [4.78, 5) is 26.2. The van der Waals surface area contributed by atoms with Crippen molar-refractivity contribution in [1.29, 1.82) is 0 Å². The number of hydrogen-bond donors (Lipinski definition) is 1. The Morgan fingerprint density at radius 2 is 1.63 bits per heavy atom. The van der Waals surface area contributed by atoms with Gasteiger partial charge in [-0.2, -0.15) is 0 Å². The molecule has 27 heavy (non-hydrogen) atoms. The largest absolute Gasteiger partial charge is 0.444 e. The molecule has 1 aromatic rings. The van der Waals surface area contributed by atoms with E-state index in [0.717, 1.165) is 44.3 Å². The molecule has 5 heteroatoms. The van der Waals surface area contributed by atoms with E-state index in [4.69, 9.17) is 4.74 Å². The molecule has 2 aliphatic heterocycles. The van der Waals surface area contributed by atoms with Crippen LogP contribution >= 0.6 is 0 Å². The van der Waals surface area contributed by atoms with Crippen LogP contribution in [0.1, 0.15) is 76.3 Å². The molecule has 2 heterocycles. The summed E-state index contributed by atoms with van der Waals surface area (Å²) in [6.45, 7) is 9.20. The molecule has 2 fully saturated rings. The summed E-state index contributed by atoms with van der Waals surface area (Å²) < 4.78 is 5.47. The van der Waals surface area contributed by atoms with Gasteiger partial charge < -0.3 is 15.0 Å². The highest BCUT2D eigenvalue weighted by atomic mass is 16.6. The summed E-state index contributed by atoms with van der Waals surface area (Å²) in [6.07, 6.45) is 3.62. The zero-order chi connectivity index (χ0) is 19.6. The van der Waals surface area contributed by atoms with Gasteiger partial charge in [-0.05, 0) is 70.4 Å². The normalized spacial score (nSPS) is 24.4. The Morgan fingerprint density at radius 1 is 1.04 bits per heavy atom. The molecule has 3 rings (SSSR count). The lowest BCUT2D eigenvalue weighted by molar-refractivity contribution is -0.124. The molecule has 2 saturated heterocycles. The highest BCUT2D eigenvalue weighted by Crippen LogP contribution is 2.31. The van der Waals surface area contributed by atoms with Crippen molar-refractivity contribution in [3.8, 4) is 0 Å². The van der Waals surface area contributed by atoms with Gasteiger partial charge in [-0.1, -0.05) is 24.3 Å². The van der Waals surface area contributed by atoms with Gasteiger partial charge in [0.2, 0.25) is 5.91 Å². The van der Waals surface area contributed by atoms with Gasteiger partial charge in [-0.15, -0.1) is 0 Å². The average Bonchev–Trinajstić information content (AvgIpc) is 2.61. The van der Waals surface area contributed by atoms with Gasteiger partial charge in [-0.3, -0.25) is 4.79 Å². The molecule has 2 aliphatic rings. The van der Waals surface area contributed by atoms with Crippen LogP contribution in [0.2, 0.25) is 0 Å². The van der Waals surface area contributed by atoms with Crippen molar-refractivity contribution in [1.82, 2.24) is 10.2 Å². The maximum absolute atomic E-state index is 12.2. The molecule has 148 valence electrons. The van der Waals surface area contributed by atoms with Crippen molar-refractivity contribution in [2.45, 2.75) is 76.9 Å².